The molecule has 8 nitrogen and oxygen atoms in total. The molecule has 0 saturated heterocycles. The first-order valence-electron chi connectivity index (χ1n) is 10.8. The van der Waals surface area contributed by atoms with E-state index in [-0.39, 0.29) is 13.2 Å². The molecule has 0 bridgehead atoms. The van der Waals surface area contributed by atoms with Crippen molar-refractivity contribution < 1.29 is 9.84 Å². The third-order valence-electron chi connectivity index (χ3n) is 5.65. The number of nitrogens with one attached hydrogen (secondary N) is 1. The van der Waals surface area contributed by atoms with E-state index < -0.39 is 17.6 Å². The molecule has 0 spiro atoms. The van der Waals surface area contributed by atoms with Gasteiger partial charge in [-0.3, -0.25) is 13.9 Å². The zero-order valence-corrected chi connectivity index (χ0v) is 18.3. The Bertz CT molecular complexity index is 1200. The number of aliphatic hydroxyl groups is 1. The van der Waals surface area contributed by atoms with Gasteiger partial charge in [0.1, 0.15) is 17.3 Å². The second kappa shape index (κ2) is 9.32. The van der Waals surface area contributed by atoms with Crippen molar-refractivity contribution in [3.05, 3.63) is 86.6 Å². The average Bonchev–Trinajstić information content (AvgIpc) is 3.16. The predicted octanol–water partition coefficient (Wildman–Crippen LogP) is 2.29. The summed E-state index contributed by atoms with van der Waals surface area (Å²) < 4.78 is 8.87. The SMILES string of the molecule is CCc1cccc(OC2Nc3c(c(=O)n(CCCO)c(=O)n3C)N2Cc2ccccc2)c1. The Kier molecular flexibility index (Phi) is 6.32. The van der Waals surface area contributed by atoms with Crippen molar-refractivity contribution in [1.82, 2.24) is 9.13 Å². The van der Waals surface area contributed by atoms with Crippen LogP contribution in [-0.2, 0) is 26.6 Å². The number of anilines is 2. The van der Waals surface area contributed by atoms with Crippen LogP contribution in [0.4, 0.5) is 11.5 Å². The maximum absolute atomic E-state index is 13.4. The molecular formula is C24H28N4O4. The average molecular weight is 437 g/mol. The van der Waals surface area contributed by atoms with E-state index in [0.717, 1.165) is 17.5 Å². The second-order valence-corrected chi connectivity index (χ2v) is 7.80. The standard InChI is InChI=1S/C24H28N4O4/c1-3-17-11-7-12-19(15-17)32-23-25-21-20(28(23)16-18-9-5-4-6-10-18)22(30)27(13-8-14-29)24(31)26(21)2/h4-7,9-12,15,23,25,29H,3,8,13-14,16H2,1-2H3. The van der Waals surface area contributed by atoms with Crippen LogP contribution in [0.2, 0.25) is 0 Å². The molecule has 1 aliphatic rings. The van der Waals surface area contributed by atoms with Gasteiger partial charge >= 0.3 is 5.69 Å². The number of hydrogen-bond acceptors (Lipinski definition) is 6. The van der Waals surface area contributed by atoms with Crippen molar-refractivity contribution in [2.75, 3.05) is 16.8 Å². The summed E-state index contributed by atoms with van der Waals surface area (Å²) in [6.45, 7) is 2.55. The Hall–Kier alpha value is -3.52. The molecule has 0 saturated carbocycles. The van der Waals surface area contributed by atoms with Crippen LogP contribution in [-0.4, -0.2) is 27.2 Å². The highest BCUT2D eigenvalue weighted by molar-refractivity contribution is 5.71. The van der Waals surface area contributed by atoms with Gasteiger partial charge < -0.3 is 20.1 Å². The van der Waals surface area contributed by atoms with E-state index in [1.807, 2.05) is 59.5 Å². The molecule has 4 rings (SSSR count). The van der Waals surface area contributed by atoms with Crippen LogP contribution in [0.3, 0.4) is 0 Å². The Morgan fingerprint density at radius 1 is 1.06 bits per heavy atom. The van der Waals surface area contributed by atoms with Gasteiger partial charge in [-0.1, -0.05) is 49.4 Å². The van der Waals surface area contributed by atoms with Crippen LogP contribution in [0.15, 0.2) is 64.2 Å². The van der Waals surface area contributed by atoms with Gasteiger partial charge in [-0.2, -0.15) is 0 Å². The summed E-state index contributed by atoms with van der Waals surface area (Å²) in [7, 11) is 1.63. The van der Waals surface area contributed by atoms with Gasteiger partial charge in [-0.15, -0.1) is 0 Å². The number of rotatable bonds is 8. The van der Waals surface area contributed by atoms with Gasteiger partial charge in [0.25, 0.3) is 11.9 Å². The predicted molar refractivity (Wildman–Crippen MR) is 124 cm³/mol. The number of aliphatic hydroxyl groups excluding tert-OH is 1. The number of aromatic nitrogens is 2. The maximum atomic E-state index is 13.4. The maximum Gasteiger partial charge on any atom is 0.332 e. The second-order valence-electron chi connectivity index (χ2n) is 7.80. The molecule has 2 aromatic carbocycles. The quantitative estimate of drug-likeness (QED) is 0.563. The minimum atomic E-state index is -0.663. The number of nitrogens with zero attached hydrogens (tertiary/aromatic N) is 3. The highest BCUT2D eigenvalue weighted by atomic mass is 16.5. The van der Waals surface area contributed by atoms with E-state index in [1.165, 1.54) is 9.13 Å². The van der Waals surface area contributed by atoms with E-state index in [4.69, 9.17) is 4.74 Å². The third-order valence-corrected chi connectivity index (χ3v) is 5.65. The van der Waals surface area contributed by atoms with Crippen molar-refractivity contribution >= 4 is 11.5 Å². The molecule has 2 N–H and O–H groups in total. The van der Waals surface area contributed by atoms with E-state index >= 15 is 0 Å². The molecular weight excluding hydrogens is 408 g/mol. The highest BCUT2D eigenvalue weighted by Crippen LogP contribution is 2.32. The lowest BCUT2D eigenvalue weighted by Gasteiger charge is -2.26. The summed E-state index contributed by atoms with van der Waals surface area (Å²) in [4.78, 5) is 28.0. The highest BCUT2D eigenvalue weighted by Gasteiger charge is 2.36. The molecule has 1 unspecified atom stereocenters. The normalized spacial score (nSPS) is 14.8. The van der Waals surface area contributed by atoms with E-state index in [1.54, 1.807) is 7.05 Å². The monoisotopic (exact) mass is 436 g/mol. The van der Waals surface area contributed by atoms with Crippen molar-refractivity contribution in [3.63, 3.8) is 0 Å². The fourth-order valence-corrected chi connectivity index (χ4v) is 3.92. The Morgan fingerprint density at radius 3 is 2.53 bits per heavy atom. The minimum absolute atomic E-state index is 0.0990. The molecule has 0 amide bonds. The number of benzene rings is 2. The molecule has 1 aliphatic heterocycles. The molecule has 1 atom stereocenters. The molecule has 8 heteroatoms. The fourth-order valence-electron chi connectivity index (χ4n) is 3.92. The van der Waals surface area contributed by atoms with Gasteiger partial charge in [0.15, 0.2) is 0 Å². The van der Waals surface area contributed by atoms with Crippen molar-refractivity contribution in [3.8, 4) is 5.75 Å². The lowest BCUT2D eigenvalue weighted by atomic mass is 10.2. The summed E-state index contributed by atoms with van der Waals surface area (Å²) >= 11 is 0. The van der Waals surface area contributed by atoms with Crippen LogP contribution >= 0.6 is 0 Å². The topological polar surface area (TPSA) is 88.7 Å². The third kappa shape index (κ3) is 4.13. The lowest BCUT2D eigenvalue weighted by Crippen LogP contribution is -2.43. The zero-order valence-electron chi connectivity index (χ0n) is 18.3. The molecule has 0 aliphatic carbocycles. The number of hydrogen-bond donors (Lipinski definition) is 2. The van der Waals surface area contributed by atoms with Gasteiger partial charge in [0, 0.05) is 26.7 Å². The molecule has 1 aromatic heterocycles. The van der Waals surface area contributed by atoms with E-state index in [9.17, 15) is 14.7 Å². The summed E-state index contributed by atoms with van der Waals surface area (Å²) in [5.74, 6) is 1.10. The largest absolute Gasteiger partial charge is 0.452 e. The molecule has 0 radical (unpaired) electrons. The van der Waals surface area contributed by atoms with Crippen LogP contribution in [0.25, 0.3) is 0 Å². The summed E-state index contributed by atoms with van der Waals surface area (Å²) in [5.41, 5.74) is 1.71. The van der Waals surface area contributed by atoms with Crippen molar-refractivity contribution in [2.24, 2.45) is 7.05 Å². The van der Waals surface area contributed by atoms with E-state index in [2.05, 4.69) is 12.2 Å². The first-order valence-corrected chi connectivity index (χ1v) is 10.8. The first-order chi connectivity index (χ1) is 15.5. The molecule has 168 valence electrons. The summed E-state index contributed by atoms with van der Waals surface area (Å²) in [6, 6.07) is 17.6. The summed E-state index contributed by atoms with van der Waals surface area (Å²) in [6.07, 6.45) is 0.543. The fraction of sp³-hybridized carbons (Fsp3) is 0.333. The van der Waals surface area contributed by atoms with Crippen LogP contribution < -0.4 is 26.2 Å². The van der Waals surface area contributed by atoms with Gasteiger partial charge in [-0.25, -0.2) is 4.79 Å². The number of ether oxygens (including phenoxy) is 1. The molecule has 0 fully saturated rings. The van der Waals surface area contributed by atoms with Crippen LogP contribution in [0, 0.1) is 0 Å². The van der Waals surface area contributed by atoms with Gasteiger partial charge in [0.2, 0.25) is 0 Å². The molecule has 3 aromatic rings. The van der Waals surface area contributed by atoms with Gasteiger partial charge in [-0.05, 0) is 36.1 Å². The Labute approximate surface area is 186 Å². The van der Waals surface area contributed by atoms with Crippen LogP contribution in [0.1, 0.15) is 24.5 Å². The number of aryl methyl sites for hydroxylation is 1. The Morgan fingerprint density at radius 2 is 1.81 bits per heavy atom. The van der Waals surface area contributed by atoms with Crippen LogP contribution in [0.5, 0.6) is 5.75 Å². The minimum Gasteiger partial charge on any atom is -0.452 e. The number of fused-ring (bicyclic) bond motifs is 1. The van der Waals surface area contributed by atoms with Crippen molar-refractivity contribution in [2.45, 2.75) is 39.2 Å². The van der Waals surface area contributed by atoms with E-state index in [0.29, 0.717) is 30.2 Å². The lowest BCUT2D eigenvalue weighted by molar-refractivity contribution is 0.227. The first kappa shape index (κ1) is 21.7. The molecule has 2 heterocycles. The smallest absolute Gasteiger partial charge is 0.332 e. The Balaban J connectivity index is 1.78. The molecule has 32 heavy (non-hydrogen) atoms. The van der Waals surface area contributed by atoms with Gasteiger partial charge in [0.05, 0.1) is 0 Å². The zero-order chi connectivity index (χ0) is 22.7. The summed E-state index contributed by atoms with van der Waals surface area (Å²) in [5, 5.41) is 12.4. The van der Waals surface area contributed by atoms with Crippen molar-refractivity contribution in [1.29, 1.82) is 0 Å².